The molecule has 0 heterocycles. The largest absolute Gasteiger partial charge is 0.336 e. The molecule has 0 aromatic rings. The summed E-state index contributed by atoms with van der Waals surface area (Å²) in [6.45, 7) is 11.3. The summed E-state index contributed by atoms with van der Waals surface area (Å²) >= 11 is 0. The molecule has 0 aromatic carbocycles. The molecule has 4 heteroatoms. The van der Waals surface area contributed by atoms with Gasteiger partial charge in [0, 0.05) is 0 Å². The van der Waals surface area contributed by atoms with Crippen LogP contribution in [0.2, 0.25) is 0 Å². The van der Waals surface area contributed by atoms with Gasteiger partial charge in [0.15, 0.2) is 0 Å². The van der Waals surface area contributed by atoms with Gasteiger partial charge in [0.2, 0.25) is 0 Å². The van der Waals surface area contributed by atoms with Crippen LogP contribution in [0.5, 0.6) is 0 Å². The highest BCUT2D eigenvalue weighted by molar-refractivity contribution is 7.55. The van der Waals surface area contributed by atoms with Crippen molar-refractivity contribution in [3.05, 3.63) is 0 Å². The highest BCUT2D eigenvalue weighted by Gasteiger charge is 2.45. The molecule has 0 aliphatic rings. The van der Waals surface area contributed by atoms with Crippen LogP contribution < -0.4 is 0 Å². The Morgan fingerprint density at radius 3 is 1.48 bits per heavy atom. The molecule has 140 valence electrons. The first-order valence-corrected chi connectivity index (χ1v) is 11.4. The fourth-order valence-electron chi connectivity index (χ4n) is 3.13. The summed E-state index contributed by atoms with van der Waals surface area (Å²) in [6.07, 6.45) is 12.8. The maximum absolute atomic E-state index is 13.4. The zero-order valence-corrected chi connectivity index (χ0v) is 17.3. The topological polar surface area (TPSA) is 35.5 Å². The molecule has 0 aliphatic carbocycles. The van der Waals surface area contributed by atoms with E-state index in [0.717, 1.165) is 25.7 Å². The molecule has 0 aromatic heterocycles. The Balaban J connectivity index is 4.82. The lowest BCUT2D eigenvalue weighted by atomic mass is 9.95. The smallest absolute Gasteiger partial charge is 0.308 e. The predicted molar refractivity (Wildman–Crippen MR) is 101 cm³/mol. The first kappa shape index (κ1) is 23.1. The van der Waals surface area contributed by atoms with Crippen molar-refractivity contribution in [2.45, 2.75) is 110 Å². The molecule has 0 rings (SSSR count). The molecule has 0 spiro atoms. The highest BCUT2D eigenvalue weighted by atomic mass is 31.2. The van der Waals surface area contributed by atoms with Crippen LogP contribution in [0.1, 0.15) is 105 Å². The third-order valence-corrected chi connectivity index (χ3v) is 7.61. The second-order valence-corrected chi connectivity index (χ2v) is 9.40. The summed E-state index contributed by atoms with van der Waals surface area (Å²) in [5.41, 5.74) is 0. The van der Waals surface area contributed by atoms with E-state index in [2.05, 4.69) is 20.8 Å². The molecular weight excluding hydrogens is 307 g/mol. The number of hydrogen-bond acceptors (Lipinski definition) is 3. The molecule has 3 nitrogen and oxygen atoms in total. The third-order valence-electron chi connectivity index (χ3n) is 4.65. The third kappa shape index (κ3) is 8.70. The van der Waals surface area contributed by atoms with Crippen LogP contribution in [0.3, 0.4) is 0 Å². The Kier molecular flexibility index (Phi) is 13.5. The normalized spacial score (nSPS) is 14.8. The predicted octanol–water partition coefficient (Wildman–Crippen LogP) is 7.34. The summed E-state index contributed by atoms with van der Waals surface area (Å²) in [5.74, 6) is 0. The van der Waals surface area contributed by atoms with Crippen LogP contribution in [0.25, 0.3) is 0 Å². The van der Waals surface area contributed by atoms with Crippen molar-refractivity contribution in [3.8, 4) is 0 Å². The first-order valence-electron chi connectivity index (χ1n) is 9.88. The van der Waals surface area contributed by atoms with Gasteiger partial charge in [-0.3, -0.25) is 4.57 Å². The quantitative estimate of drug-likeness (QED) is 0.216. The van der Waals surface area contributed by atoms with Crippen molar-refractivity contribution in [1.29, 1.82) is 0 Å². The van der Waals surface area contributed by atoms with Gasteiger partial charge in [-0.25, -0.2) is 0 Å². The van der Waals surface area contributed by atoms with E-state index >= 15 is 0 Å². The van der Waals surface area contributed by atoms with Gasteiger partial charge in [-0.2, -0.15) is 0 Å². The molecule has 0 aliphatic heterocycles. The zero-order valence-electron chi connectivity index (χ0n) is 16.4. The van der Waals surface area contributed by atoms with Gasteiger partial charge in [0.05, 0.1) is 18.4 Å². The fourth-order valence-corrected chi connectivity index (χ4v) is 5.37. The summed E-state index contributed by atoms with van der Waals surface area (Å²) in [5, 5.41) is -0.334. The van der Waals surface area contributed by atoms with Gasteiger partial charge < -0.3 is 9.05 Å². The maximum Gasteiger partial charge on any atom is 0.336 e. The lowest BCUT2D eigenvalue weighted by Crippen LogP contribution is -2.28. The van der Waals surface area contributed by atoms with E-state index in [0.29, 0.717) is 13.2 Å². The molecular formula is C19H41O3P. The Bertz CT molecular complexity index is 310. The second kappa shape index (κ2) is 13.4. The van der Waals surface area contributed by atoms with Gasteiger partial charge in [-0.1, -0.05) is 71.6 Å². The van der Waals surface area contributed by atoms with E-state index in [4.69, 9.17) is 9.05 Å². The zero-order chi connectivity index (χ0) is 17.6. The molecule has 0 bridgehead atoms. The second-order valence-electron chi connectivity index (χ2n) is 6.80. The van der Waals surface area contributed by atoms with Crippen molar-refractivity contribution in [2.75, 3.05) is 13.2 Å². The van der Waals surface area contributed by atoms with Gasteiger partial charge in [-0.05, 0) is 33.6 Å². The average Bonchev–Trinajstić information content (AvgIpc) is 2.52. The van der Waals surface area contributed by atoms with Gasteiger partial charge in [0.1, 0.15) is 0 Å². The summed E-state index contributed by atoms with van der Waals surface area (Å²) in [6, 6.07) is 0. The molecule has 0 amide bonds. The SMILES string of the molecule is CCCCCCCC(C)(CCCCCC)P(=O)(OCC)OCC. The van der Waals surface area contributed by atoms with Crippen molar-refractivity contribution in [3.63, 3.8) is 0 Å². The Morgan fingerprint density at radius 1 is 0.696 bits per heavy atom. The minimum atomic E-state index is -3.05. The molecule has 1 unspecified atom stereocenters. The van der Waals surface area contributed by atoms with Crippen LogP contribution in [0.4, 0.5) is 0 Å². The number of rotatable bonds is 16. The van der Waals surface area contributed by atoms with E-state index < -0.39 is 7.60 Å². The van der Waals surface area contributed by atoms with Crippen molar-refractivity contribution in [2.24, 2.45) is 0 Å². The van der Waals surface area contributed by atoms with Crippen LogP contribution in [-0.4, -0.2) is 18.4 Å². The van der Waals surface area contributed by atoms with Crippen LogP contribution in [0.15, 0.2) is 0 Å². The molecule has 0 fully saturated rings. The van der Waals surface area contributed by atoms with Crippen LogP contribution >= 0.6 is 7.60 Å². The van der Waals surface area contributed by atoms with Crippen molar-refractivity contribution in [1.82, 2.24) is 0 Å². The van der Waals surface area contributed by atoms with E-state index in [1.54, 1.807) is 0 Å². The van der Waals surface area contributed by atoms with Gasteiger partial charge in [0.25, 0.3) is 0 Å². The lowest BCUT2D eigenvalue weighted by molar-refractivity contribution is 0.190. The van der Waals surface area contributed by atoms with Gasteiger partial charge in [-0.15, -0.1) is 0 Å². The molecule has 0 saturated heterocycles. The molecule has 0 N–H and O–H groups in total. The summed E-state index contributed by atoms with van der Waals surface area (Å²) in [4.78, 5) is 0. The van der Waals surface area contributed by atoms with Crippen molar-refractivity contribution >= 4 is 7.60 Å². The Morgan fingerprint density at radius 2 is 1.09 bits per heavy atom. The average molecular weight is 349 g/mol. The Hall–Kier alpha value is 0.150. The molecule has 23 heavy (non-hydrogen) atoms. The minimum absolute atomic E-state index is 0.334. The monoisotopic (exact) mass is 348 g/mol. The van der Waals surface area contributed by atoms with Crippen LogP contribution in [-0.2, 0) is 13.6 Å². The molecule has 0 saturated carbocycles. The highest BCUT2D eigenvalue weighted by Crippen LogP contribution is 2.63. The standard InChI is InChI=1S/C19H41O3P/c1-6-10-12-14-16-18-19(5,17-15-13-11-7-2)23(20,21-8-3)22-9-4/h6-18H2,1-5H3. The molecule has 0 radical (unpaired) electrons. The minimum Gasteiger partial charge on any atom is -0.308 e. The van der Waals surface area contributed by atoms with E-state index in [1.807, 2.05) is 13.8 Å². The fraction of sp³-hybridized carbons (Fsp3) is 1.00. The summed E-state index contributed by atoms with van der Waals surface area (Å²) in [7, 11) is -3.05. The van der Waals surface area contributed by atoms with E-state index in [1.165, 1.54) is 44.9 Å². The first-order chi connectivity index (χ1) is 11.0. The van der Waals surface area contributed by atoms with E-state index in [-0.39, 0.29) is 5.16 Å². The van der Waals surface area contributed by atoms with Gasteiger partial charge >= 0.3 is 7.60 Å². The van der Waals surface area contributed by atoms with Crippen LogP contribution in [0, 0.1) is 0 Å². The Labute approximate surface area is 145 Å². The molecule has 1 atom stereocenters. The lowest BCUT2D eigenvalue weighted by Gasteiger charge is -2.36. The number of hydrogen-bond donors (Lipinski definition) is 0. The summed E-state index contributed by atoms with van der Waals surface area (Å²) < 4.78 is 24.8. The van der Waals surface area contributed by atoms with E-state index in [9.17, 15) is 4.57 Å². The number of unbranched alkanes of at least 4 members (excludes halogenated alkanes) is 7. The van der Waals surface area contributed by atoms with Crippen molar-refractivity contribution < 1.29 is 13.6 Å². The maximum atomic E-state index is 13.4.